The Hall–Kier alpha value is -1.42. The number of amides is 1. The molecule has 0 aliphatic carbocycles. The van der Waals surface area contributed by atoms with E-state index in [0.29, 0.717) is 5.56 Å². The average molecular weight is 267 g/mol. The Labute approximate surface area is 114 Å². The lowest BCUT2D eigenvalue weighted by Gasteiger charge is -2.30. The van der Waals surface area contributed by atoms with Crippen molar-refractivity contribution in [1.82, 2.24) is 5.32 Å². The van der Waals surface area contributed by atoms with E-state index in [1.807, 2.05) is 20.8 Å². The van der Waals surface area contributed by atoms with E-state index in [4.69, 9.17) is 4.74 Å². The van der Waals surface area contributed by atoms with Gasteiger partial charge in [-0.1, -0.05) is 39.0 Å². The van der Waals surface area contributed by atoms with Crippen molar-refractivity contribution in [3.63, 3.8) is 0 Å². The third kappa shape index (κ3) is 3.77. The monoisotopic (exact) mass is 267 g/mol. The highest BCUT2D eigenvalue weighted by Gasteiger charge is 2.31. The zero-order valence-corrected chi connectivity index (χ0v) is 12.2. The van der Waals surface area contributed by atoms with Crippen LogP contribution in [0.1, 0.15) is 33.3 Å². The summed E-state index contributed by atoms with van der Waals surface area (Å²) in [6, 6.07) is 6.43. The molecule has 0 fully saturated rings. The zero-order chi connectivity index (χ0) is 14.7. The normalized spacial score (nSPS) is 14.8. The topological polar surface area (TPSA) is 38.3 Å². The molecule has 19 heavy (non-hydrogen) atoms. The van der Waals surface area contributed by atoms with Crippen molar-refractivity contribution < 1.29 is 13.9 Å². The van der Waals surface area contributed by atoms with Crippen molar-refractivity contribution >= 4 is 5.91 Å². The van der Waals surface area contributed by atoms with E-state index in [0.717, 1.165) is 0 Å². The van der Waals surface area contributed by atoms with E-state index in [1.165, 1.54) is 13.2 Å². The van der Waals surface area contributed by atoms with Gasteiger partial charge in [0, 0.05) is 18.1 Å². The molecule has 0 aliphatic rings. The van der Waals surface area contributed by atoms with E-state index in [2.05, 4.69) is 5.32 Å². The zero-order valence-electron chi connectivity index (χ0n) is 12.2. The van der Waals surface area contributed by atoms with Crippen LogP contribution in [-0.2, 0) is 15.1 Å². The Kier molecular flexibility index (Phi) is 4.69. The first kappa shape index (κ1) is 15.6. The van der Waals surface area contributed by atoms with Gasteiger partial charge in [-0.2, -0.15) is 0 Å². The fourth-order valence-corrected chi connectivity index (χ4v) is 1.68. The van der Waals surface area contributed by atoms with Gasteiger partial charge >= 0.3 is 0 Å². The first-order valence-corrected chi connectivity index (χ1v) is 6.29. The molecular formula is C15H22FNO2. The smallest absolute Gasteiger partial charge is 0.225 e. The van der Waals surface area contributed by atoms with Crippen molar-refractivity contribution in [3.05, 3.63) is 35.6 Å². The van der Waals surface area contributed by atoms with Crippen molar-refractivity contribution in [2.24, 2.45) is 5.41 Å². The van der Waals surface area contributed by atoms with Crippen LogP contribution < -0.4 is 5.32 Å². The van der Waals surface area contributed by atoms with Gasteiger partial charge in [-0.25, -0.2) is 4.39 Å². The van der Waals surface area contributed by atoms with Crippen LogP contribution in [-0.4, -0.2) is 19.6 Å². The number of carbonyl (C=O) groups is 1. The molecule has 1 amide bonds. The molecule has 0 unspecified atom stereocenters. The molecule has 106 valence electrons. The molecule has 0 radical (unpaired) electrons. The van der Waals surface area contributed by atoms with Gasteiger partial charge in [0.05, 0.1) is 6.54 Å². The summed E-state index contributed by atoms with van der Waals surface area (Å²) in [6.07, 6.45) is 0. The van der Waals surface area contributed by atoms with Crippen molar-refractivity contribution in [2.45, 2.75) is 33.3 Å². The lowest BCUT2D eigenvalue weighted by Crippen LogP contribution is -2.44. The highest BCUT2D eigenvalue weighted by atomic mass is 19.1. The minimum Gasteiger partial charge on any atom is -0.372 e. The number of ether oxygens (including phenoxy) is 1. The molecule has 0 heterocycles. The number of halogens is 1. The highest BCUT2D eigenvalue weighted by molar-refractivity contribution is 5.81. The standard InChI is InChI=1S/C15H22FNO2/c1-14(2,3)13(18)17-10-15(4,19-5)11-8-6-7-9-12(11)16/h6-9H,10H2,1-5H3,(H,17,18)/t15-/m0/s1. The summed E-state index contributed by atoms with van der Waals surface area (Å²) in [6.45, 7) is 7.47. The number of nitrogens with one attached hydrogen (secondary N) is 1. The molecule has 1 atom stereocenters. The number of benzene rings is 1. The van der Waals surface area contributed by atoms with Gasteiger partial charge in [-0.3, -0.25) is 4.79 Å². The van der Waals surface area contributed by atoms with Crippen LogP contribution in [0.4, 0.5) is 4.39 Å². The first-order chi connectivity index (χ1) is 8.70. The van der Waals surface area contributed by atoms with Crippen LogP contribution in [0.15, 0.2) is 24.3 Å². The largest absolute Gasteiger partial charge is 0.372 e. The fourth-order valence-electron chi connectivity index (χ4n) is 1.68. The molecule has 1 N–H and O–H groups in total. The van der Waals surface area contributed by atoms with E-state index < -0.39 is 11.0 Å². The Morgan fingerprint density at radius 2 is 1.84 bits per heavy atom. The van der Waals surface area contributed by atoms with E-state index in [1.54, 1.807) is 25.1 Å². The van der Waals surface area contributed by atoms with Gasteiger partial charge < -0.3 is 10.1 Å². The molecule has 4 heteroatoms. The molecule has 0 saturated heterocycles. The Morgan fingerprint density at radius 1 is 1.26 bits per heavy atom. The maximum atomic E-state index is 13.8. The van der Waals surface area contributed by atoms with Crippen molar-refractivity contribution in [2.75, 3.05) is 13.7 Å². The van der Waals surface area contributed by atoms with Gasteiger partial charge in [0.15, 0.2) is 0 Å². The summed E-state index contributed by atoms with van der Waals surface area (Å²) < 4.78 is 19.3. The molecule has 0 bridgehead atoms. The maximum absolute atomic E-state index is 13.8. The van der Waals surface area contributed by atoms with Crippen LogP contribution in [0, 0.1) is 11.2 Å². The molecule has 0 aliphatic heterocycles. The quantitative estimate of drug-likeness (QED) is 0.911. The first-order valence-electron chi connectivity index (χ1n) is 6.29. The van der Waals surface area contributed by atoms with Crippen LogP contribution in [0.5, 0.6) is 0 Å². The molecule has 1 aromatic carbocycles. The predicted molar refractivity (Wildman–Crippen MR) is 73.2 cm³/mol. The minimum absolute atomic E-state index is 0.0906. The number of rotatable bonds is 4. The van der Waals surface area contributed by atoms with Gasteiger partial charge in [-0.15, -0.1) is 0 Å². The van der Waals surface area contributed by atoms with Crippen LogP contribution in [0.25, 0.3) is 0 Å². The number of hydrogen-bond donors (Lipinski definition) is 1. The van der Waals surface area contributed by atoms with Gasteiger partial charge in [0.1, 0.15) is 11.4 Å². The van der Waals surface area contributed by atoms with Gasteiger partial charge in [-0.05, 0) is 13.0 Å². The summed E-state index contributed by atoms with van der Waals surface area (Å²) in [7, 11) is 1.51. The van der Waals surface area contributed by atoms with Crippen LogP contribution in [0.3, 0.4) is 0 Å². The molecule has 0 aromatic heterocycles. The lowest BCUT2D eigenvalue weighted by atomic mass is 9.92. The van der Waals surface area contributed by atoms with E-state index in [-0.39, 0.29) is 18.3 Å². The summed E-state index contributed by atoms with van der Waals surface area (Å²) in [5.74, 6) is -0.427. The maximum Gasteiger partial charge on any atom is 0.225 e. The molecular weight excluding hydrogens is 245 g/mol. The van der Waals surface area contributed by atoms with Crippen molar-refractivity contribution in [1.29, 1.82) is 0 Å². The fraction of sp³-hybridized carbons (Fsp3) is 0.533. The minimum atomic E-state index is -0.883. The molecule has 1 rings (SSSR count). The van der Waals surface area contributed by atoms with E-state index in [9.17, 15) is 9.18 Å². The molecule has 1 aromatic rings. The summed E-state index contributed by atoms with van der Waals surface area (Å²) >= 11 is 0. The third-order valence-electron chi connectivity index (χ3n) is 3.16. The number of hydrogen-bond acceptors (Lipinski definition) is 2. The van der Waals surface area contributed by atoms with Crippen LogP contribution >= 0.6 is 0 Å². The second-order valence-electron chi connectivity index (χ2n) is 5.85. The van der Waals surface area contributed by atoms with Crippen molar-refractivity contribution in [3.8, 4) is 0 Å². The molecule has 3 nitrogen and oxygen atoms in total. The third-order valence-corrected chi connectivity index (χ3v) is 3.16. The number of methoxy groups -OCH3 is 1. The highest BCUT2D eigenvalue weighted by Crippen LogP contribution is 2.26. The van der Waals surface area contributed by atoms with Crippen LogP contribution in [0.2, 0.25) is 0 Å². The Morgan fingerprint density at radius 3 is 2.32 bits per heavy atom. The average Bonchev–Trinajstić information content (AvgIpc) is 2.35. The summed E-state index contributed by atoms with van der Waals surface area (Å²) in [5.41, 5.74) is -0.928. The molecule has 0 spiro atoms. The Bertz CT molecular complexity index is 454. The van der Waals surface area contributed by atoms with E-state index >= 15 is 0 Å². The van der Waals surface area contributed by atoms with Gasteiger partial charge in [0.25, 0.3) is 0 Å². The number of carbonyl (C=O) groups excluding carboxylic acids is 1. The second kappa shape index (κ2) is 5.70. The second-order valence-corrected chi connectivity index (χ2v) is 5.85. The SMILES string of the molecule is CO[C@@](C)(CNC(=O)C(C)(C)C)c1ccccc1F. The lowest BCUT2D eigenvalue weighted by molar-refractivity contribution is -0.130. The Balaban J connectivity index is 2.88. The van der Waals surface area contributed by atoms with Gasteiger partial charge in [0.2, 0.25) is 5.91 Å². The summed E-state index contributed by atoms with van der Waals surface area (Å²) in [4.78, 5) is 11.9. The summed E-state index contributed by atoms with van der Waals surface area (Å²) in [5, 5.41) is 2.81. The molecule has 0 saturated carbocycles. The predicted octanol–water partition coefficient (Wildman–Crippen LogP) is 2.85.